The molecule has 22 heavy (non-hydrogen) atoms. The fourth-order valence-electron chi connectivity index (χ4n) is 2.84. The monoisotopic (exact) mass is 297 g/mol. The molecule has 114 valence electrons. The molecule has 0 bridgehead atoms. The van der Waals surface area contributed by atoms with E-state index < -0.39 is 0 Å². The molecule has 1 aliphatic heterocycles. The Morgan fingerprint density at radius 1 is 1.14 bits per heavy atom. The van der Waals surface area contributed by atoms with E-state index in [1.54, 1.807) is 6.20 Å². The topological polar surface area (TPSA) is 48.3 Å². The highest BCUT2D eigenvalue weighted by Crippen LogP contribution is 2.23. The van der Waals surface area contributed by atoms with Crippen molar-refractivity contribution in [1.82, 2.24) is 4.57 Å². The smallest absolute Gasteiger partial charge is 0.199 e. The van der Waals surface area contributed by atoms with E-state index in [-0.39, 0.29) is 17.0 Å². The van der Waals surface area contributed by atoms with Crippen LogP contribution < -0.4 is 5.43 Å². The highest BCUT2D eigenvalue weighted by molar-refractivity contribution is 5.78. The summed E-state index contributed by atoms with van der Waals surface area (Å²) in [5.74, 6) is 0. The number of hydrogen-bond acceptors (Lipinski definition) is 3. The molecule has 1 saturated heterocycles. The van der Waals surface area contributed by atoms with E-state index in [2.05, 4.69) is 0 Å². The number of benzene rings is 1. The molecule has 0 amide bonds. The summed E-state index contributed by atoms with van der Waals surface area (Å²) in [5, 5.41) is 0. The molecule has 0 unspecified atom stereocenters. The first-order valence-electron chi connectivity index (χ1n) is 7.55. The van der Waals surface area contributed by atoms with E-state index in [1.807, 2.05) is 42.0 Å². The average molecular weight is 297 g/mol. The van der Waals surface area contributed by atoms with Crippen molar-refractivity contribution in [3.63, 3.8) is 0 Å². The predicted molar refractivity (Wildman–Crippen MR) is 85.4 cm³/mol. The van der Waals surface area contributed by atoms with E-state index in [0.717, 1.165) is 24.0 Å². The third kappa shape index (κ3) is 2.88. The van der Waals surface area contributed by atoms with E-state index >= 15 is 0 Å². The lowest BCUT2D eigenvalue weighted by molar-refractivity contribution is 0.0694. The fraction of sp³-hybridized carbons (Fsp3) is 0.333. The van der Waals surface area contributed by atoms with Crippen molar-refractivity contribution in [2.24, 2.45) is 0 Å². The van der Waals surface area contributed by atoms with Gasteiger partial charge >= 0.3 is 0 Å². The molecule has 0 saturated carbocycles. The number of carbonyl (C=O) groups is 1. The lowest BCUT2D eigenvalue weighted by Gasteiger charge is -2.25. The van der Waals surface area contributed by atoms with E-state index in [4.69, 9.17) is 4.74 Å². The third-order valence-electron chi connectivity index (χ3n) is 4.18. The van der Waals surface area contributed by atoms with E-state index in [1.165, 1.54) is 0 Å². The first-order chi connectivity index (χ1) is 10.7. The Bertz CT molecular complexity index is 725. The number of rotatable bonds is 3. The van der Waals surface area contributed by atoms with Gasteiger partial charge in [-0.1, -0.05) is 29.8 Å². The fourth-order valence-corrected chi connectivity index (χ4v) is 2.84. The standard InChI is InChI=1S/C18H19NO3/c1-13-2-4-14(5-3-13)17-11-19(10-15(12-20)18(17)21)16-6-8-22-9-7-16/h2-5,10-12,16H,6-9H2,1H3. The van der Waals surface area contributed by atoms with Gasteiger partial charge in [-0.15, -0.1) is 0 Å². The summed E-state index contributed by atoms with van der Waals surface area (Å²) in [6.07, 6.45) is 5.98. The first kappa shape index (κ1) is 14.7. The maximum Gasteiger partial charge on any atom is 0.199 e. The van der Waals surface area contributed by atoms with E-state index in [0.29, 0.717) is 25.1 Å². The highest BCUT2D eigenvalue weighted by Gasteiger charge is 2.17. The van der Waals surface area contributed by atoms with Gasteiger partial charge in [0.25, 0.3) is 0 Å². The van der Waals surface area contributed by atoms with Gasteiger partial charge in [-0.2, -0.15) is 0 Å². The molecule has 1 aromatic carbocycles. The molecule has 2 aromatic rings. The van der Waals surface area contributed by atoms with Crippen LogP contribution in [0, 0.1) is 6.92 Å². The lowest BCUT2D eigenvalue weighted by Crippen LogP contribution is -2.23. The lowest BCUT2D eigenvalue weighted by atomic mass is 10.0. The minimum atomic E-state index is -0.206. The minimum Gasteiger partial charge on any atom is -0.381 e. The second-order valence-corrected chi connectivity index (χ2v) is 5.73. The van der Waals surface area contributed by atoms with Crippen LogP contribution in [0.25, 0.3) is 11.1 Å². The van der Waals surface area contributed by atoms with Crippen LogP contribution in [0.15, 0.2) is 41.5 Å². The molecule has 0 aliphatic carbocycles. The first-order valence-corrected chi connectivity index (χ1v) is 7.55. The maximum atomic E-state index is 12.5. The summed E-state index contributed by atoms with van der Waals surface area (Å²) in [6, 6.07) is 8.07. The van der Waals surface area contributed by atoms with Gasteiger partial charge in [-0.25, -0.2) is 0 Å². The summed E-state index contributed by atoms with van der Waals surface area (Å²) in [5.41, 5.74) is 2.57. The Morgan fingerprint density at radius 3 is 2.45 bits per heavy atom. The van der Waals surface area contributed by atoms with Crippen LogP contribution in [0.1, 0.15) is 34.8 Å². The van der Waals surface area contributed by atoms with Crippen LogP contribution in [0.3, 0.4) is 0 Å². The van der Waals surface area contributed by atoms with Crippen LogP contribution in [-0.4, -0.2) is 24.1 Å². The Balaban J connectivity index is 2.10. The van der Waals surface area contributed by atoms with Crippen LogP contribution in [0.4, 0.5) is 0 Å². The zero-order chi connectivity index (χ0) is 15.5. The van der Waals surface area contributed by atoms with Gasteiger partial charge in [0.1, 0.15) is 0 Å². The second kappa shape index (κ2) is 6.28. The van der Waals surface area contributed by atoms with Gasteiger partial charge < -0.3 is 9.30 Å². The van der Waals surface area contributed by atoms with E-state index in [9.17, 15) is 9.59 Å². The van der Waals surface area contributed by atoms with Crippen LogP contribution in [0.2, 0.25) is 0 Å². The summed E-state index contributed by atoms with van der Waals surface area (Å²) in [4.78, 5) is 23.7. The van der Waals surface area contributed by atoms with Crippen molar-refractivity contribution >= 4 is 6.29 Å². The zero-order valence-electron chi connectivity index (χ0n) is 12.6. The molecule has 0 N–H and O–H groups in total. The van der Waals surface area contributed by atoms with Gasteiger partial charge in [0.05, 0.1) is 5.56 Å². The summed E-state index contributed by atoms with van der Waals surface area (Å²) in [7, 11) is 0. The molecular weight excluding hydrogens is 278 g/mol. The average Bonchev–Trinajstić information content (AvgIpc) is 2.57. The van der Waals surface area contributed by atoms with Crippen LogP contribution in [-0.2, 0) is 4.74 Å². The number of aromatic nitrogens is 1. The van der Waals surface area contributed by atoms with Crippen molar-refractivity contribution in [2.45, 2.75) is 25.8 Å². The molecular formula is C18H19NO3. The number of aldehydes is 1. The van der Waals surface area contributed by atoms with Gasteiger partial charge in [-0.3, -0.25) is 9.59 Å². The highest BCUT2D eigenvalue weighted by atomic mass is 16.5. The molecule has 1 aromatic heterocycles. The van der Waals surface area contributed by atoms with Gasteiger partial charge in [0.2, 0.25) is 0 Å². The molecule has 1 aliphatic rings. The van der Waals surface area contributed by atoms with Crippen molar-refractivity contribution in [2.75, 3.05) is 13.2 Å². The van der Waals surface area contributed by atoms with Gasteiger partial charge in [0, 0.05) is 37.2 Å². The van der Waals surface area contributed by atoms with Gasteiger partial charge in [0.15, 0.2) is 11.7 Å². The van der Waals surface area contributed by atoms with Crippen LogP contribution in [0.5, 0.6) is 0 Å². The number of pyridine rings is 1. The molecule has 3 rings (SSSR count). The van der Waals surface area contributed by atoms with Crippen molar-refractivity contribution in [3.05, 3.63) is 58.0 Å². The molecule has 2 heterocycles. The summed E-state index contributed by atoms with van der Waals surface area (Å²) >= 11 is 0. The quantitative estimate of drug-likeness (QED) is 0.818. The van der Waals surface area contributed by atoms with Crippen molar-refractivity contribution in [3.8, 4) is 11.1 Å². The predicted octanol–water partition coefficient (Wildman–Crippen LogP) is 2.99. The number of ether oxygens (including phenoxy) is 1. The number of aryl methyl sites for hydroxylation is 1. The second-order valence-electron chi connectivity index (χ2n) is 5.73. The molecule has 4 heteroatoms. The van der Waals surface area contributed by atoms with Gasteiger partial charge in [-0.05, 0) is 25.3 Å². The Morgan fingerprint density at radius 2 is 1.82 bits per heavy atom. The normalized spacial score (nSPS) is 15.7. The Labute approximate surface area is 129 Å². The summed E-state index contributed by atoms with van der Waals surface area (Å²) < 4.78 is 7.39. The number of nitrogens with zero attached hydrogens (tertiary/aromatic N) is 1. The number of hydrogen-bond donors (Lipinski definition) is 0. The van der Waals surface area contributed by atoms with Crippen molar-refractivity contribution < 1.29 is 9.53 Å². The van der Waals surface area contributed by atoms with Crippen LogP contribution >= 0.6 is 0 Å². The Hall–Kier alpha value is -2.20. The van der Waals surface area contributed by atoms with Crippen molar-refractivity contribution in [1.29, 1.82) is 0 Å². The maximum absolute atomic E-state index is 12.5. The largest absolute Gasteiger partial charge is 0.381 e. The molecule has 0 atom stereocenters. The molecule has 4 nitrogen and oxygen atoms in total. The SMILES string of the molecule is Cc1ccc(-c2cn(C3CCOCC3)cc(C=O)c2=O)cc1. The Kier molecular flexibility index (Phi) is 4.20. The number of carbonyl (C=O) groups excluding carboxylic acids is 1. The molecule has 0 radical (unpaired) electrons. The molecule has 0 spiro atoms. The minimum absolute atomic E-state index is 0.206. The zero-order valence-corrected chi connectivity index (χ0v) is 12.6. The summed E-state index contributed by atoms with van der Waals surface area (Å²) in [6.45, 7) is 3.44. The molecule has 1 fully saturated rings. The third-order valence-corrected chi connectivity index (χ3v) is 4.18.